The van der Waals surface area contributed by atoms with E-state index in [0.717, 1.165) is 6.42 Å². The van der Waals surface area contributed by atoms with Crippen LogP contribution in [0.4, 0.5) is 5.69 Å². The van der Waals surface area contributed by atoms with Gasteiger partial charge >= 0.3 is 5.97 Å². The fourth-order valence-electron chi connectivity index (χ4n) is 1.39. The van der Waals surface area contributed by atoms with E-state index in [1.165, 1.54) is 18.2 Å². The predicted molar refractivity (Wildman–Crippen MR) is 71.1 cm³/mol. The van der Waals surface area contributed by atoms with E-state index < -0.39 is 5.97 Å². The Balaban J connectivity index is 2.87. The zero-order chi connectivity index (χ0) is 13.7. The molecule has 0 aliphatic heterocycles. The highest BCUT2D eigenvalue weighted by molar-refractivity contribution is 6.33. The molecule has 1 aromatic rings. The lowest BCUT2D eigenvalue weighted by Crippen LogP contribution is -2.12. The van der Waals surface area contributed by atoms with E-state index in [0.29, 0.717) is 11.3 Å². The van der Waals surface area contributed by atoms with Crippen molar-refractivity contribution < 1.29 is 14.7 Å². The van der Waals surface area contributed by atoms with E-state index in [-0.39, 0.29) is 16.5 Å². The Hall–Kier alpha value is -1.81. The third-order valence-electron chi connectivity index (χ3n) is 2.33. The molecule has 1 amide bonds. The quantitative estimate of drug-likeness (QED) is 0.822. The van der Waals surface area contributed by atoms with Crippen LogP contribution in [0, 0.1) is 0 Å². The van der Waals surface area contributed by atoms with E-state index in [2.05, 4.69) is 5.32 Å². The van der Waals surface area contributed by atoms with E-state index in [4.69, 9.17) is 16.7 Å². The molecule has 4 nitrogen and oxygen atoms in total. The number of hydrogen-bond donors (Lipinski definition) is 2. The monoisotopic (exact) mass is 267 g/mol. The molecule has 0 saturated heterocycles. The number of nitrogens with one attached hydrogen (secondary N) is 1. The SMILES string of the molecule is CCC=C(C)C(=O)Nc1ccc(C(=O)O)c(Cl)c1. The second-order valence-electron chi connectivity index (χ2n) is 3.75. The second kappa shape index (κ2) is 6.21. The fourth-order valence-corrected chi connectivity index (χ4v) is 1.66. The summed E-state index contributed by atoms with van der Waals surface area (Å²) in [6.45, 7) is 3.65. The lowest BCUT2D eigenvalue weighted by atomic mass is 10.2. The number of aromatic carboxylic acids is 1. The van der Waals surface area contributed by atoms with Gasteiger partial charge in [-0.3, -0.25) is 4.79 Å². The van der Waals surface area contributed by atoms with Crippen molar-refractivity contribution in [3.63, 3.8) is 0 Å². The topological polar surface area (TPSA) is 66.4 Å². The third-order valence-corrected chi connectivity index (χ3v) is 2.64. The van der Waals surface area contributed by atoms with Crippen molar-refractivity contribution in [2.45, 2.75) is 20.3 Å². The van der Waals surface area contributed by atoms with Crippen LogP contribution < -0.4 is 5.32 Å². The summed E-state index contributed by atoms with van der Waals surface area (Å²) in [7, 11) is 0. The molecule has 0 atom stereocenters. The third kappa shape index (κ3) is 3.60. The van der Waals surface area contributed by atoms with Crippen LogP contribution in [0.2, 0.25) is 5.02 Å². The average Bonchev–Trinajstić information content (AvgIpc) is 2.28. The Morgan fingerprint density at radius 2 is 2.11 bits per heavy atom. The van der Waals surface area contributed by atoms with Crippen molar-refractivity contribution in [2.75, 3.05) is 5.32 Å². The predicted octanol–water partition coefficient (Wildman–Crippen LogP) is 3.33. The number of amides is 1. The number of benzene rings is 1. The molecule has 18 heavy (non-hydrogen) atoms. The van der Waals surface area contributed by atoms with Gasteiger partial charge in [0, 0.05) is 11.3 Å². The molecule has 96 valence electrons. The molecule has 2 N–H and O–H groups in total. The lowest BCUT2D eigenvalue weighted by Gasteiger charge is -2.07. The molecule has 0 heterocycles. The van der Waals surface area contributed by atoms with E-state index in [9.17, 15) is 9.59 Å². The number of carboxylic acids is 1. The van der Waals surface area contributed by atoms with Gasteiger partial charge < -0.3 is 10.4 Å². The van der Waals surface area contributed by atoms with E-state index in [1.54, 1.807) is 6.92 Å². The maximum absolute atomic E-state index is 11.7. The number of rotatable bonds is 4. The van der Waals surface area contributed by atoms with Crippen LogP contribution in [-0.2, 0) is 4.79 Å². The van der Waals surface area contributed by atoms with Crippen molar-refractivity contribution in [2.24, 2.45) is 0 Å². The number of carbonyl (C=O) groups excluding carboxylic acids is 1. The van der Waals surface area contributed by atoms with Gasteiger partial charge in [-0.05, 0) is 31.5 Å². The van der Waals surface area contributed by atoms with Crippen LogP contribution in [0.3, 0.4) is 0 Å². The minimum Gasteiger partial charge on any atom is -0.478 e. The molecule has 0 unspecified atom stereocenters. The molecule has 0 spiro atoms. The highest BCUT2D eigenvalue weighted by atomic mass is 35.5. The summed E-state index contributed by atoms with van der Waals surface area (Å²) in [4.78, 5) is 22.5. The summed E-state index contributed by atoms with van der Waals surface area (Å²) >= 11 is 5.80. The molecule has 5 heteroatoms. The number of halogens is 1. The van der Waals surface area contributed by atoms with Gasteiger partial charge in [-0.25, -0.2) is 4.79 Å². The molecule has 0 aromatic heterocycles. The van der Waals surface area contributed by atoms with Crippen molar-refractivity contribution in [3.8, 4) is 0 Å². The summed E-state index contributed by atoms with van der Waals surface area (Å²) in [6, 6.07) is 4.29. The van der Waals surface area contributed by atoms with Gasteiger partial charge in [0.25, 0.3) is 5.91 Å². The van der Waals surface area contributed by atoms with Gasteiger partial charge in [-0.2, -0.15) is 0 Å². The molecule has 0 saturated carbocycles. The first kappa shape index (κ1) is 14.3. The fraction of sp³-hybridized carbons (Fsp3) is 0.231. The first-order chi connectivity index (χ1) is 8.45. The Kier molecular flexibility index (Phi) is 4.92. The first-order valence-corrected chi connectivity index (χ1v) is 5.84. The zero-order valence-corrected chi connectivity index (χ0v) is 10.9. The van der Waals surface area contributed by atoms with Crippen molar-refractivity contribution in [1.82, 2.24) is 0 Å². The Labute approximate surface area is 110 Å². The average molecular weight is 268 g/mol. The largest absolute Gasteiger partial charge is 0.478 e. The maximum Gasteiger partial charge on any atom is 0.337 e. The van der Waals surface area contributed by atoms with Crippen LogP contribution in [0.1, 0.15) is 30.6 Å². The van der Waals surface area contributed by atoms with Crippen LogP contribution >= 0.6 is 11.6 Å². The summed E-state index contributed by atoms with van der Waals surface area (Å²) in [5.74, 6) is -1.32. The molecule has 0 aliphatic carbocycles. The smallest absolute Gasteiger partial charge is 0.337 e. The van der Waals surface area contributed by atoms with Gasteiger partial charge in [0.05, 0.1) is 10.6 Å². The van der Waals surface area contributed by atoms with E-state index in [1.807, 2.05) is 13.0 Å². The van der Waals surface area contributed by atoms with Gasteiger partial charge in [-0.15, -0.1) is 0 Å². The molecule has 0 aliphatic rings. The Morgan fingerprint density at radius 1 is 1.44 bits per heavy atom. The standard InChI is InChI=1S/C13H14ClNO3/c1-3-4-8(2)12(16)15-9-5-6-10(13(17)18)11(14)7-9/h4-7H,3H2,1-2H3,(H,15,16)(H,17,18). The second-order valence-corrected chi connectivity index (χ2v) is 4.16. The summed E-state index contributed by atoms with van der Waals surface area (Å²) in [6.07, 6.45) is 2.58. The number of carboxylic acid groups (broad SMARTS) is 1. The first-order valence-electron chi connectivity index (χ1n) is 5.46. The van der Waals surface area contributed by atoms with Crippen LogP contribution in [0.25, 0.3) is 0 Å². The highest BCUT2D eigenvalue weighted by Gasteiger charge is 2.10. The normalized spacial score (nSPS) is 11.2. The zero-order valence-electron chi connectivity index (χ0n) is 10.2. The van der Waals surface area contributed by atoms with Crippen LogP contribution in [0.15, 0.2) is 29.8 Å². The number of carbonyl (C=O) groups is 2. The Morgan fingerprint density at radius 3 is 2.61 bits per heavy atom. The maximum atomic E-state index is 11.7. The summed E-state index contributed by atoms with van der Waals surface area (Å²) in [5.41, 5.74) is 1.09. The summed E-state index contributed by atoms with van der Waals surface area (Å²) < 4.78 is 0. The molecule has 0 fully saturated rings. The number of anilines is 1. The van der Waals surface area contributed by atoms with Crippen molar-refractivity contribution in [1.29, 1.82) is 0 Å². The minimum absolute atomic E-state index is 0.00971. The van der Waals surface area contributed by atoms with Crippen molar-refractivity contribution >= 4 is 29.2 Å². The summed E-state index contributed by atoms with van der Waals surface area (Å²) in [5, 5.41) is 11.6. The number of allylic oxidation sites excluding steroid dienone is 1. The molecule has 0 radical (unpaired) electrons. The lowest BCUT2D eigenvalue weighted by molar-refractivity contribution is -0.112. The van der Waals surface area contributed by atoms with Gasteiger partial charge in [-0.1, -0.05) is 24.6 Å². The van der Waals surface area contributed by atoms with Crippen molar-refractivity contribution in [3.05, 3.63) is 40.4 Å². The Bertz CT molecular complexity index is 509. The minimum atomic E-state index is -1.10. The van der Waals surface area contributed by atoms with E-state index >= 15 is 0 Å². The highest BCUT2D eigenvalue weighted by Crippen LogP contribution is 2.21. The molecule has 1 rings (SSSR count). The van der Waals surface area contributed by atoms with Gasteiger partial charge in [0.15, 0.2) is 0 Å². The molecular formula is C13H14ClNO3. The van der Waals surface area contributed by atoms with Crippen LogP contribution in [0.5, 0.6) is 0 Å². The molecule has 0 bridgehead atoms. The van der Waals surface area contributed by atoms with Crippen LogP contribution in [-0.4, -0.2) is 17.0 Å². The van der Waals surface area contributed by atoms with Gasteiger partial charge in [0.1, 0.15) is 0 Å². The number of hydrogen-bond acceptors (Lipinski definition) is 2. The van der Waals surface area contributed by atoms with Gasteiger partial charge in [0.2, 0.25) is 0 Å². The molecular weight excluding hydrogens is 254 g/mol. The molecule has 1 aromatic carbocycles.